The molecule has 22 heavy (non-hydrogen) atoms. The molecule has 118 valence electrons. The van der Waals surface area contributed by atoms with Gasteiger partial charge < -0.3 is 9.47 Å². The lowest BCUT2D eigenvalue weighted by Gasteiger charge is -2.35. The lowest BCUT2D eigenvalue weighted by atomic mass is 9.92. The monoisotopic (exact) mass is 299 g/mol. The van der Waals surface area contributed by atoms with Gasteiger partial charge in [-0.05, 0) is 55.4 Å². The van der Waals surface area contributed by atoms with Gasteiger partial charge in [0.05, 0.1) is 17.4 Å². The number of rotatable bonds is 2. The molecule has 0 bridgehead atoms. The van der Waals surface area contributed by atoms with Crippen molar-refractivity contribution in [3.8, 4) is 0 Å². The molecule has 1 amide bonds. The van der Waals surface area contributed by atoms with Gasteiger partial charge in [0.2, 0.25) is 5.91 Å². The van der Waals surface area contributed by atoms with Gasteiger partial charge in [0.25, 0.3) is 0 Å². The van der Waals surface area contributed by atoms with Crippen molar-refractivity contribution >= 4 is 16.9 Å². The van der Waals surface area contributed by atoms with Crippen molar-refractivity contribution in [2.24, 2.45) is 11.8 Å². The summed E-state index contributed by atoms with van der Waals surface area (Å²) in [6, 6.07) is 4.23. The molecule has 2 heterocycles. The van der Waals surface area contributed by atoms with E-state index in [-0.39, 0.29) is 5.91 Å². The fraction of sp³-hybridized carbons (Fsp3) is 0.556. The smallest absolute Gasteiger partial charge is 0.242 e. The molecule has 0 N–H and O–H groups in total. The number of carbonyl (C=O) groups is 1. The number of carbonyl (C=O) groups excluding carboxylic acids is 1. The first-order chi connectivity index (χ1) is 10.4. The van der Waals surface area contributed by atoms with Crippen LogP contribution in [0, 0.1) is 25.7 Å². The van der Waals surface area contributed by atoms with Crippen molar-refractivity contribution < 1.29 is 4.79 Å². The molecule has 2 aromatic rings. The summed E-state index contributed by atoms with van der Waals surface area (Å²) in [7, 11) is 0. The number of fused-ring (bicyclic) bond motifs is 1. The number of hydrogen-bond donors (Lipinski definition) is 0. The molecule has 3 rings (SSSR count). The van der Waals surface area contributed by atoms with Crippen molar-refractivity contribution in [2.75, 3.05) is 13.1 Å². The predicted molar refractivity (Wildman–Crippen MR) is 88.7 cm³/mol. The van der Waals surface area contributed by atoms with Crippen molar-refractivity contribution in [1.82, 2.24) is 14.5 Å². The van der Waals surface area contributed by atoms with E-state index in [4.69, 9.17) is 0 Å². The van der Waals surface area contributed by atoms with Crippen LogP contribution in [0.2, 0.25) is 0 Å². The summed E-state index contributed by atoms with van der Waals surface area (Å²) >= 11 is 0. The lowest BCUT2D eigenvalue weighted by Crippen LogP contribution is -2.43. The van der Waals surface area contributed by atoms with Crippen molar-refractivity contribution in [3.63, 3.8) is 0 Å². The minimum absolute atomic E-state index is 0.205. The van der Waals surface area contributed by atoms with Crippen molar-refractivity contribution in [2.45, 2.75) is 40.7 Å². The third-order valence-corrected chi connectivity index (χ3v) is 4.76. The van der Waals surface area contributed by atoms with Crippen LogP contribution < -0.4 is 0 Å². The summed E-state index contributed by atoms with van der Waals surface area (Å²) in [6.45, 7) is 10.8. The number of aromatic nitrogens is 2. The van der Waals surface area contributed by atoms with Gasteiger partial charge in [-0.15, -0.1) is 0 Å². The van der Waals surface area contributed by atoms with E-state index >= 15 is 0 Å². The Labute approximate surface area is 132 Å². The van der Waals surface area contributed by atoms with E-state index in [1.807, 2.05) is 9.47 Å². The Hall–Kier alpha value is -1.84. The van der Waals surface area contributed by atoms with Crippen molar-refractivity contribution in [3.05, 3.63) is 29.6 Å². The number of hydrogen-bond acceptors (Lipinski definition) is 2. The fourth-order valence-electron chi connectivity index (χ4n) is 3.55. The Morgan fingerprint density at radius 3 is 2.50 bits per heavy atom. The number of aryl methyl sites for hydroxylation is 2. The highest BCUT2D eigenvalue weighted by molar-refractivity contribution is 5.81. The molecule has 0 spiro atoms. The number of likely N-dealkylation sites (tertiary alicyclic amines) is 1. The topological polar surface area (TPSA) is 38.1 Å². The van der Waals surface area contributed by atoms with Crippen LogP contribution in [-0.4, -0.2) is 33.4 Å². The summed E-state index contributed by atoms with van der Waals surface area (Å²) in [4.78, 5) is 19.1. The zero-order valence-electron chi connectivity index (χ0n) is 14.0. The molecule has 2 unspecified atom stereocenters. The Balaban J connectivity index is 1.81. The normalized spacial score (nSPS) is 22.3. The van der Waals surface area contributed by atoms with Gasteiger partial charge in [-0.3, -0.25) is 4.79 Å². The zero-order chi connectivity index (χ0) is 15.9. The summed E-state index contributed by atoms with van der Waals surface area (Å²) < 4.78 is 1.98. The first-order valence-electron chi connectivity index (χ1n) is 8.14. The van der Waals surface area contributed by atoms with Crippen molar-refractivity contribution in [1.29, 1.82) is 0 Å². The second-order valence-corrected chi connectivity index (χ2v) is 7.04. The number of piperidine rings is 1. The molecule has 1 aromatic carbocycles. The van der Waals surface area contributed by atoms with Gasteiger partial charge in [-0.1, -0.05) is 13.8 Å². The summed E-state index contributed by atoms with van der Waals surface area (Å²) in [6.07, 6.45) is 3.01. The van der Waals surface area contributed by atoms with Crippen LogP contribution in [0.1, 0.15) is 31.4 Å². The Morgan fingerprint density at radius 1 is 1.18 bits per heavy atom. The maximum absolute atomic E-state index is 12.6. The molecule has 1 aromatic heterocycles. The van der Waals surface area contributed by atoms with E-state index < -0.39 is 0 Å². The first-order valence-corrected chi connectivity index (χ1v) is 8.14. The number of benzene rings is 1. The minimum atomic E-state index is 0.205. The predicted octanol–water partition coefficient (Wildman–Crippen LogP) is 3.16. The van der Waals surface area contributed by atoms with E-state index in [9.17, 15) is 4.79 Å². The van der Waals surface area contributed by atoms with E-state index in [0.717, 1.165) is 24.1 Å². The average molecular weight is 299 g/mol. The van der Waals surface area contributed by atoms with E-state index in [2.05, 4.69) is 44.8 Å². The SMILES string of the molecule is Cc1cc2ncn(CC(=O)N3CC(C)CC(C)C3)c2cc1C. The van der Waals surface area contributed by atoms with E-state index in [0.29, 0.717) is 18.4 Å². The second-order valence-electron chi connectivity index (χ2n) is 7.04. The molecule has 0 aliphatic carbocycles. The van der Waals surface area contributed by atoms with Crippen LogP contribution in [0.25, 0.3) is 11.0 Å². The molecule has 1 aliphatic rings. The summed E-state index contributed by atoms with van der Waals surface area (Å²) in [5, 5.41) is 0. The van der Waals surface area contributed by atoms with Gasteiger partial charge in [0.15, 0.2) is 0 Å². The standard InChI is InChI=1S/C18H25N3O/c1-12-5-13(2)9-20(8-12)18(22)10-21-11-19-16-6-14(3)15(4)7-17(16)21/h6-7,11-13H,5,8-10H2,1-4H3. The molecular weight excluding hydrogens is 274 g/mol. The summed E-state index contributed by atoms with van der Waals surface area (Å²) in [5.74, 6) is 1.39. The highest BCUT2D eigenvalue weighted by Crippen LogP contribution is 2.22. The highest BCUT2D eigenvalue weighted by Gasteiger charge is 2.25. The van der Waals surface area contributed by atoms with Gasteiger partial charge in [-0.25, -0.2) is 4.98 Å². The molecule has 0 saturated carbocycles. The molecule has 1 aliphatic heterocycles. The van der Waals surface area contributed by atoms with Gasteiger partial charge >= 0.3 is 0 Å². The minimum Gasteiger partial charge on any atom is -0.341 e. The molecular formula is C18H25N3O. The molecule has 4 nitrogen and oxygen atoms in total. The molecule has 2 atom stereocenters. The maximum Gasteiger partial charge on any atom is 0.242 e. The van der Waals surface area contributed by atoms with Crippen LogP contribution in [0.4, 0.5) is 0 Å². The number of nitrogens with zero attached hydrogens (tertiary/aromatic N) is 3. The quantitative estimate of drug-likeness (QED) is 0.854. The zero-order valence-corrected chi connectivity index (χ0v) is 14.0. The van der Waals surface area contributed by atoms with Gasteiger partial charge in [0, 0.05) is 13.1 Å². The third-order valence-electron chi connectivity index (χ3n) is 4.76. The van der Waals surface area contributed by atoms with Crippen LogP contribution in [0.3, 0.4) is 0 Å². The van der Waals surface area contributed by atoms with Crippen LogP contribution in [-0.2, 0) is 11.3 Å². The molecule has 1 saturated heterocycles. The molecule has 0 radical (unpaired) electrons. The van der Waals surface area contributed by atoms with Gasteiger partial charge in [-0.2, -0.15) is 0 Å². The number of imidazole rings is 1. The fourth-order valence-corrected chi connectivity index (χ4v) is 3.55. The van der Waals surface area contributed by atoms with Gasteiger partial charge in [0.1, 0.15) is 6.54 Å². The van der Waals surface area contributed by atoms with E-state index in [1.54, 1.807) is 6.33 Å². The third kappa shape index (κ3) is 2.87. The Morgan fingerprint density at radius 2 is 1.82 bits per heavy atom. The van der Waals surface area contributed by atoms with E-state index in [1.165, 1.54) is 17.5 Å². The Kier molecular flexibility index (Phi) is 3.94. The van der Waals surface area contributed by atoms with Crippen LogP contribution in [0.15, 0.2) is 18.5 Å². The molecule has 1 fully saturated rings. The second kappa shape index (κ2) is 5.75. The maximum atomic E-state index is 12.6. The highest BCUT2D eigenvalue weighted by atomic mass is 16.2. The number of amides is 1. The average Bonchev–Trinajstić information content (AvgIpc) is 2.80. The van der Waals surface area contributed by atoms with Crippen LogP contribution >= 0.6 is 0 Å². The first kappa shape index (κ1) is 15.1. The largest absolute Gasteiger partial charge is 0.341 e. The van der Waals surface area contributed by atoms with Crippen LogP contribution in [0.5, 0.6) is 0 Å². The molecule has 4 heteroatoms. The summed E-state index contributed by atoms with van der Waals surface area (Å²) in [5.41, 5.74) is 4.50. The lowest BCUT2D eigenvalue weighted by molar-refractivity contribution is -0.134. The Bertz CT molecular complexity index is 694.